The molecule has 3 rings (SSSR count). The van der Waals surface area contributed by atoms with Gasteiger partial charge in [0.25, 0.3) is 30.4 Å². The van der Waals surface area contributed by atoms with Crippen LogP contribution in [0.15, 0.2) is 51.1 Å². The highest BCUT2D eigenvalue weighted by Gasteiger charge is 2.27. The maximum Gasteiger partial charge on any atom is 0.294 e. The van der Waals surface area contributed by atoms with Crippen molar-refractivity contribution in [3.05, 3.63) is 69.8 Å². The molecule has 37 heavy (non-hydrogen) atoms. The maximum atomic E-state index is 12.2. The number of rotatable bonds is 6. The summed E-state index contributed by atoms with van der Waals surface area (Å²) in [5, 5.41) is 1.12. The molecule has 0 heterocycles. The molecule has 0 aliphatic heterocycles. The number of aryl methyl sites for hydroxylation is 3. The molecule has 0 bridgehead atoms. The standard InChI is InChI=1S/C24H27O9PS3/c1-13-7-19(10-22(16(13)4)35(25,26)27)34(20-8-14(2)17(5)23(11-20)36(28,29)30)21-9-15(3)18(6)24(12-21)37(31,32)33/h7-12H,1-6H3,(H,25,26,27)(H,28,29,30)(H,31,32,33). The van der Waals surface area contributed by atoms with E-state index in [0.717, 1.165) is 0 Å². The van der Waals surface area contributed by atoms with Crippen molar-refractivity contribution in [3.63, 3.8) is 0 Å². The van der Waals surface area contributed by atoms with Crippen molar-refractivity contribution < 1.29 is 38.9 Å². The lowest BCUT2D eigenvalue weighted by Gasteiger charge is -2.24. The Morgan fingerprint density at radius 3 is 0.865 bits per heavy atom. The zero-order valence-electron chi connectivity index (χ0n) is 20.9. The van der Waals surface area contributed by atoms with Gasteiger partial charge < -0.3 is 0 Å². The average molecular weight is 587 g/mol. The Labute approximate surface area is 218 Å². The highest BCUT2D eigenvalue weighted by Crippen LogP contribution is 2.38. The molecule has 13 heteroatoms. The minimum atomic E-state index is -4.63. The Morgan fingerprint density at radius 1 is 0.459 bits per heavy atom. The number of benzene rings is 3. The van der Waals surface area contributed by atoms with Crippen LogP contribution in [0.1, 0.15) is 33.4 Å². The summed E-state index contributed by atoms with van der Waals surface area (Å²) in [4.78, 5) is -1.02. The molecule has 9 nitrogen and oxygen atoms in total. The van der Waals surface area contributed by atoms with Gasteiger partial charge in [0.15, 0.2) is 0 Å². The Kier molecular flexibility index (Phi) is 7.82. The van der Waals surface area contributed by atoms with Crippen molar-refractivity contribution in [1.29, 1.82) is 0 Å². The van der Waals surface area contributed by atoms with Crippen LogP contribution in [0, 0.1) is 41.5 Å². The van der Waals surface area contributed by atoms with Crippen LogP contribution in [0.3, 0.4) is 0 Å². The molecule has 0 amide bonds. The van der Waals surface area contributed by atoms with Crippen LogP contribution in [0.2, 0.25) is 0 Å². The van der Waals surface area contributed by atoms with E-state index in [1.54, 1.807) is 39.0 Å². The first-order valence-corrected chi connectivity index (χ1v) is 16.5. The zero-order valence-corrected chi connectivity index (χ0v) is 24.3. The van der Waals surface area contributed by atoms with Gasteiger partial charge in [-0.1, -0.05) is 18.2 Å². The molecular weight excluding hydrogens is 559 g/mol. The van der Waals surface area contributed by atoms with Crippen molar-refractivity contribution in [2.75, 3.05) is 0 Å². The summed E-state index contributed by atoms with van der Waals surface area (Å²) in [6.45, 7) is 9.54. The molecule has 0 unspecified atom stereocenters. The first-order chi connectivity index (χ1) is 16.7. The molecule has 0 radical (unpaired) electrons. The third-order valence-corrected chi connectivity index (χ3v) is 11.7. The lowest BCUT2D eigenvalue weighted by atomic mass is 10.1. The second kappa shape index (κ2) is 9.85. The average Bonchev–Trinajstić information content (AvgIpc) is 2.72. The van der Waals surface area contributed by atoms with Gasteiger partial charge >= 0.3 is 0 Å². The van der Waals surface area contributed by atoms with Crippen molar-refractivity contribution in [1.82, 2.24) is 0 Å². The third kappa shape index (κ3) is 5.96. The highest BCUT2D eigenvalue weighted by molar-refractivity contribution is 7.86. The van der Waals surface area contributed by atoms with E-state index < -0.39 is 38.3 Å². The minimum absolute atomic E-state index is 0.318. The maximum absolute atomic E-state index is 12.2. The largest absolute Gasteiger partial charge is 0.294 e. The van der Waals surface area contributed by atoms with Gasteiger partial charge in [-0.2, -0.15) is 25.3 Å². The van der Waals surface area contributed by atoms with Crippen molar-refractivity contribution >= 4 is 54.2 Å². The fourth-order valence-electron chi connectivity index (χ4n) is 4.06. The van der Waals surface area contributed by atoms with Gasteiger partial charge in [0.1, 0.15) is 0 Å². The summed E-state index contributed by atoms with van der Waals surface area (Å²) in [5.41, 5.74) is 2.52. The smallest absolute Gasteiger partial charge is 0.282 e. The molecule has 0 spiro atoms. The molecule has 200 valence electrons. The fraction of sp³-hybridized carbons (Fsp3) is 0.250. The zero-order chi connectivity index (χ0) is 28.2. The van der Waals surface area contributed by atoms with Gasteiger partial charge in [-0.05, 0) is 117 Å². The van der Waals surface area contributed by atoms with Crippen molar-refractivity contribution in [2.24, 2.45) is 0 Å². The van der Waals surface area contributed by atoms with E-state index in [1.807, 2.05) is 0 Å². The topological polar surface area (TPSA) is 163 Å². The molecular formula is C24H27O9PS3. The predicted molar refractivity (Wildman–Crippen MR) is 143 cm³/mol. The van der Waals surface area contributed by atoms with Crippen molar-refractivity contribution in [3.8, 4) is 0 Å². The number of hydrogen-bond acceptors (Lipinski definition) is 6. The van der Waals surface area contributed by atoms with Gasteiger partial charge in [-0.3, -0.25) is 13.7 Å². The second-order valence-corrected chi connectivity index (χ2v) is 15.3. The second-order valence-electron chi connectivity index (χ2n) is 8.92. The predicted octanol–water partition coefficient (Wildman–Crippen LogP) is 3.04. The number of hydrogen-bond donors (Lipinski definition) is 3. The monoisotopic (exact) mass is 586 g/mol. The minimum Gasteiger partial charge on any atom is -0.282 e. The van der Waals surface area contributed by atoms with Gasteiger partial charge in [0, 0.05) is 0 Å². The fourth-order valence-corrected chi connectivity index (χ4v) is 9.43. The normalized spacial score (nSPS) is 12.8. The quantitative estimate of drug-likeness (QED) is 0.291. The van der Waals surface area contributed by atoms with Crippen LogP contribution in [0.5, 0.6) is 0 Å². The van der Waals surface area contributed by atoms with Crippen LogP contribution in [0.4, 0.5) is 0 Å². The van der Waals surface area contributed by atoms with Crippen LogP contribution >= 0.6 is 7.92 Å². The molecule has 0 fully saturated rings. The molecule has 0 aliphatic carbocycles. The summed E-state index contributed by atoms with van der Waals surface area (Å²) >= 11 is 0. The lowest BCUT2D eigenvalue weighted by molar-refractivity contribution is 0.480. The Hall–Kier alpha value is -2.18. The van der Waals surface area contributed by atoms with Crippen LogP contribution in [0.25, 0.3) is 0 Å². The first-order valence-electron chi connectivity index (χ1n) is 10.8. The Bertz CT molecular complexity index is 1550. The summed E-state index contributed by atoms with van der Waals surface area (Å²) in [6, 6.07) is 8.86. The van der Waals surface area contributed by atoms with Crippen molar-refractivity contribution in [2.45, 2.75) is 56.2 Å². The van der Waals surface area contributed by atoms with E-state index in [4.69, 9.17) is 0 Å². The molecule has 3 aromatic rings. The Morgan fingerprint density at radius 2 is 0.676 bits per heavy atom. The molecule has 3 N–H and O–H groups in total. The lowest BCUT2D eigenvalue weighted by Crippen LogP contribution is -2.25. The van der Waals surface area contributed by atoms with Gasteiger partial charge in [0.05, 0.1) is 14.7 Å². The van der Waals surface area contributed by atoms with Gasteiger partial charge in [0.2, 0.25) is 0 Å². The van der Waals surface area contributed by atoms with E-state index in [0.29, 0.717) is 49.3 Å². The SMILES string of the molecule is Cc1cc(P(c2cc(C)c(C)c(S(=O)(=O)O)c2)c2cc(C)c(C)c(S(=O)(=O)O)c2)cc(S(=O)(=O)O)c1C. The molecule has 3 aromatic carbocycles. The molecule has 0 aliphatic rings. The first kappa shape index (κ1) is 29.4. The van der Waals surface area contributed by atoms with E-state index in [2.05, 4.69) is 0 Å². The van der Waals surface area contributed by atoms with Crippen LogP contribution in [-0.2, 0) is 30.4 Å². The summed E-state index contributed by atoms with van der Waals surface area (Å²) < 4.78 is 103. The van der Waals surface area contributed by atoms with Gasteiger partial charge in [-0.25, -0.2) is 0 Å². The summed E-state index contributed by atoms with van der Waals surface area (Å²) in [5.74, 6) is 0. The van der Waals surface area contributed by atoms with E-state index in [-0.39, 0.29) is 14.7 Å². The van der Waals surface area contributed by atoms with Gasteiger partial charge in [-0.15, -0.1) is 0 Å². The molecule has 0 atom stereocenters. The van der Waals surface area contributed by atoms with E-state index >= 15 is 0 Å². The molecule has 0 aromatic heterocycles. The van der Waals surface area contributed by atoms with E-state index in [1.165, 1.54) is 39.0 Å². The molecule has 0 saturated carbocycles. The summed E-state index contributed by atoms with van der Waals surface area (Å²) in [6.07, 6.45) is 0. The van der Waals surface area contributed by atoms with Crippen LogP contribution < -0.4 is 15.9 Å². The van der Waals surface area contributed by atoms with Crippen LogP contribution in [-0.4, -0.2) is 38.9 Å². The molecule has 0 saturated heterocycles. The Balaban J connectivity index is 2.54. The highest BCUT2D eigenvalue weighted by atomic mass is 32.2. The van der Waals surface area contributed by atoms with E-state index in [9.17, 15) is 38.9 Å². The third-order valence-electron chi connectivity index (χ3n) is 6.42. The summed E-state index contributed by atoms with van der Waals surface area (Å²) in [7, 11) is -15.7.